The number of ether oxygens (including phenoxy) is 3. The molecule has 3 aliphatic rings. The summed E-state index contributed by atoms with van der Waals surface area (Å²) in [5.74, 6) is 1.32. The summed E-state index contributed by atoms with van der Waals surface area (Å²) in [4.78, 5) is 49.9. The Bertz CT molecular complexity index is 1620. The third kappa shape index (κ3) is 5.66. The number of carbonyl (C=O) groups is 3. The number of hydrogen-bond acceptors (Lipinski definition) is 9. The third-order valence-electron chi connectivity index (χ3n) is 6.65. The van der Waals surface area contributed by atoms with Crippen LogP contribution in [0.1, 0.15) is 24.5 Å². The highest BCUT2D eigenvalue weighted by atomic mass is 32.2. The molecule has 214 valence electrons. The normalized spacial score (nSPS) is 16.3. The maximum absolute atomic E-state index is 13.5. The topological polar surface area (TPSA) is 131 Å². The Kier molecular flexibility index (Phi) is 7.78. The summed E-state index contributed by atoms with van der Waals surface area (Å²) in [6.07, 6.45) is -0.127. The van der Waals surface area contributed by atoms with E-state index in [1.54, 1.807) is 18.2 Å². The zero-order chi connectivity index (χ0) is 29.1. The zero-order valence-electron chi connectivity index (χ0n) is 22.7. The van der Waals surface area contributed by atoms with E-state index in [-0.39, 0.29) is 43.2 Å². The van der Waals surface area contributed by atoms with Gasteiger partial charge < -0.3 is 24.8 Å². The highest BCUT2D eigenvalue weighted by molar-refractivity contribution is 8.14. The number of amides is 3. The maximum Gasteiger partial charge on any atom is 0.259 e. The molecule has 0 fully saturated rings. The Morgan fingerprint density at radius 1 is 1.05 bits per heavy atom. The molecule has 42 heavy (non-hydrogen) atoms. The zero-order valence-corrected chi connectivity index (χ0v) is 23.5. The molecule has 0 aliphatic carbocycles. The van der Waals surface area contributed by atoms with Gasteiger partial charge in [-0.1, -0.05) is 42.1 Å². The predicted molar refractivity (Wildman–Crippen MR) is 158 cm³/mol. The molecule has 0 radical (unpaired) electrons. The van der Waals surface area contributed by atoms with Gasteiger partial charge in [-0.2, -0.15) is 0 Å². The van der Waals surface area contributed by atoms with E-state index in [1.807, 2.05) is 55.5 Å². The third-order valence-corrected chi connectivity index (χ3v) is 7.59. The Hall–Kier alpha value is -4.84. The Labute approximate surface area is 246 Å². The van der Waals surface area contributed by atoms with Crippen molar-refractivity contribution in [2.75, 3.05) is 24.5 Å². The van der Waals surface area contributed by atoms with Crippen LogP contribution in [0.3, 0.4) is 0 Å². The van der Waals surface area contributed by atoms with Crippen LogP contribution in [0.5, 0.6) is 17.2 Å². The lowest BCUT2D eigenvalue weighted by Crippen LogP contribution is -2.42. The minimum atomic E-state index is -0.916. The van der Waals surface area contributed by atoms with Crippen molar-refractivity contribution in [2.45, 2.75) is 25.9 Å². The molecular weight excluding hydrogens is 558 g/mol. The first-order valence-electron chi connectivity index (χ1n) is 13.4. The molecule has 2 N–H and O–H groups in total. The number of amidine groups is 2. The van der Waals surface area contributed by atoms with Crippen molar-refractivity contribution in [1.29, 1.82) is 0 Å². The van der Waals surface area contributed by atoms with Gasteiger partial charge in [-0.15, -0.1) is 0 Å². The lowest BCUT2D eigenvalue weighted by molar-refractivity contribution is -0.128. The first kappa shape index (κ1) is 27.3. The van der Waals surface area contributed by atoms with Crippen LogP contribution in [0, 0.1) is 0 Å². The van der Waals surface area contributed by atoms with Crippen molar-refractivity contribution in [3.05, 3.63) is 77.9 Å². The van der Waals surface area contributed by atoms with Crippen LogP contribution in [0.2, 0.25) is 0 Å². The SMILES string of the molecule is CCOc1ccccc1NC(=O)CSC1=Nc2ccccc2C2=N[C@@H](CC(=O)NCc3ccc4c(c3)OCO4)C(=O)N12. The highest BCUT2D eigenvalue weighted by Gasteiger charge is 2.42. The van der Waals surface area contributed by atoms with Gasteiger partial charge in [-0.3, -0.25) is 19.4 Å². The molecule has 0 bridgehead atoms. The quantitative estimate of drug-likeness (QED) is 0.390. The van der Waals surface area contributed by atoms with Gasteiger partial charge >= 0.3 is 0 Å². The molecule has 0 aromatic heterocycles. The van der Waals surface area contributed by atoms with Crippen molar-refractivity contribution in [1.82, 2.24) is 10.2 Å². The number of nitrogens with zero attached hydrogens (tertiary/aromatic N) is 3. The van der Waals surface area contributed by atoms with E-state index in [0.29, 0.717) is 51.8 Å². The van der Waals surface area contributed by atoms with E-state index in [4.69, 9.17) is 14.2 Å². The molecule has 0 unspecified atom stereocenters. The number of rotatable bonds is 9. The van der Waals surface area contributed by atoms with Crippen molar-refractivity contribution >= 4 is 51.9 Å². The number of benzene rings is 3. The summed E-state index contributed by atoms with van der Waals surface area (Å²) in [6, 6.07) is 19.1. The Morgan fingerprint density at radius 3 is 2.74 bits per heavy atom. The van der Waals surface area contributed by atoms with Gasteiger partial charge in [0.05, 0.1) is 30.2 Å². The highest BCUT2D eigenvalue weighted by Crippen LogP contribution is 2.35. The lowest BCUT2D eigenvalue weighted by atomic mass is 10.1. The van der Waals surface area contributed by atoms with Crippen molar-refractivity contribution in [2.24, 2.45) is 9.98 Å². The smallest absolute Gasteiger partial charge is 0.259 e. The molecule has 3 amide bonds. The number of aliphatic imine (C=N–C) groups is 2. The second kappa shape index (κ2) is 12.0. The average Bonchev–Trinajstić information content (AvgIpc) is 3.60. The maximum atomic E-state index is 13.5. The molecule has 3 aromatic carbocycles. The van der Waals surface area contributed by atoms with Crippen LogP contribution in [-0.2, 0) is 20.9 Å². The predicted octanol–water partition coefficient (Wildman–Crippen LogP) is 3.85. The number of para-hydroxylation sites is 3. The minimum absolute atomic E-state index is 0.000789. The molecule has 0 saturated carbocycles. The standard InChI is InChI=1S/C30H27N5O6S/c1-2-39-23-10-6-5-9-21(23)32-27(37)16-42-30-34-20-8-4-3-7-19(20)28-33-22(29(38)35(28)30)14-26(36)31-15-18-11-12-24-25(13-18)41-17-40-24/h3-13,22H,2,14-17H2,1H3,(H,31,36)(H,32,37)/t22-/m0/s1. The van der Waals surface area contributed by atoms with E-state index in [2.05, 4.69) is 20.6 Å². The summed E-state index contributed by atoms with van der Waals surface area (Å²) in [5, 5.41) is 6.04. The van der Waals surface area contributed by atoms with Gasteiger partial charge in [0.15, 0.2) is 16.7 Å². The summed E-state index contributed by atoms with van der Waals surface area (Å²) in [7, 11) is 0. The molecule has 6 rings (SSSR count). The average molecular weight is 586 g/mol. The van der Waals surface area contributed by atoms with Gasteiger partial charge in [0.1, 0.15) is 17.6 Å². The molecule has 11 nitrogen and oxygen atoms in total. The Morgan fingerprint density at radius 2 is 1.86 bits per heavy atom. The molecular formula is C30H27N5O6S. The van der Waals surface area contributed by atoms with Crippen LogP contribution in [0.25, 0.3) is 0 Å². The second-order valence-electron chi connectivity index (χ2n) is 9.49. The molecule has 0 saturated heterocycles. The summed E-state index contributed by atoms with van der Waals surface area (Å²) in [6.45, 7) is 2.78. The molecule has 3 heterocycles. The van der Waals surface area contributed by atoms with Crippen LogP contribution in [-0.4, -0.2) is 58.8 Å². The fourth-order valence-corrected chi connectivity index (χ4v) is 5.50. The Balaban J connectivity index is 1.12. The molecule has 3 aromatic rings. The van der Waals surface area contributed by atoms with Gasteiger partial charge in [-0.05, 0) is 48.9 Å². The molecule has 12 heteroatoms. The van der Waals surface area contributed by atoms with Crippen molar-refractivity contribution in [3.8, 4) is 17.2 Å². The second-order valence-corrected chi connectivity index (χ2v) is 10.4. The monoisotopic (exact) mass is 585 g/mol. The van der Waals surface area contributed by atoms with E-state index in [0.717, 1.165) is 17.3 Å². The van der Waals surface area contributed by atoms with Gasteiger partial charge in [-0.25, -0.2) is 9.89 Å². The molecule has 0 spiro atoms. The van der Waals surface area contributed by atoms with E-state index in [9.17, 15) is 14.4 Å². The van der Waals surface area contributed by atoms with Gasteiger partial charge in [0.2, 0.25) is 18.6 Å². The summed E-state index contributed by atoms with van der Waals surface area (Å²) >= 11 is 1.12. The fourth-order valence-electron chi connectivity index (χ4n) is 4.70. The van der Waals surface area contributed by atoms with Crippen LogP contribution < -0.4 is 24.8 Å². The van der Waals surface area contributed by atoms with Crippen LogP contribution in [0.15, 0.2) is 76.7 Å². The number of carbonyl (C=O) groups excluding carboxylic acids is 3. The summed E-state index contributed by atoms with van der Waals surface area (Å²) in [5.41, 5.74) is 2.73. The van der Waals surface area contributed by atoms with E-state index < -0.39 is 6.04 Å². The lowest BCUT2D eigenvalue weighted by Gasteiger charge is -2.25. The van der Waals surface area contributed by atoms with Crippen molar-refractivity contribution in [3.63, 3.8) is 0 Å². The van der Waals surface area contributed by atoms with E-state index in [1.165, 1.54) is 4.90 Å². The number of nitrogens with one attached hydrogen (secondary N) is 2. The van der Waals surface area contributed by atoms with Crippen LogP contribution >= 0.6 is 11.8 Å². The number of thioether (sulfide) groups is 1. The number of hydrogen-bond donors (Lipinski definition) is 2. The van der Waals surface area contributed by atoms with Crippen LogP contribution in [0.4, 0.5) is 11.4 Å². The van der Waals surface area contributed by atoms with E-state index >= 15 is 0 Å². The molecule has 1 atom stereocenters. The minimum Gasteiger partial charge on any atom is -0.492 e. The largest absolute Gasteiger partial charge is 0.492 e. The first-order chi connectivity index (χ1) is 20.5. The number of fused-ring (bicyclic) bond motifs is 4. The summed E-state index contributed by atoms with van der Waals surface area (Å²) < 4.78 is 16.3. The molecule has 3 aliphatic heterocycles. The number of anilines is 1. The fraction of sp³-hybridized carbons (Fsp3) is 0.233. The van der Waals surface area contributed by atoms with Crippen molar-refractivity contribution < 1.29 is 28.6 Å². The van der Waals surface area contributed by atoms with Gasteiger partial charge in [0.25, 0.3) is 5.91 Å². The van der Waals surface area contributed by atoms with Gasteiger partial charge in [0, 0.05) is 12.1 Å². The first-order valence-corrected chi connectivity index (χ1v) is 14.4.